The molecule has 2 aromatic heterocycles. The smallest absolute Gasteiger partial charge is 0.269 e. The van der Waals surface area contributed by atoms with Crippen LogP contribution in [0, 0.1) is 6.92 Å². The maximum atomic E-state index is 13.7. The zero-order valence-corrected chi connectivity index (χ0v) is 23.7. The Morgan fingerprint density at radius 1 is 1.05 bits per heavy atom. The highest BCUT2D eigenvalue weighted by Gasteiger charge is 2.34. The molecule has 10 nitrogen and oxygen atoms in total. The third kappa shape index (κ3) is 6.42. The molecule has 1 atom stereocenters. The summed E-state index contributed by atoms with van der Waals surface area (Å²) in [7, 11) is -4.13. The van der Waals surface area contributed by atoms with E-state index in [2.05, 4.69) is 15.3 Å². The number of nitrogens with two attached hydrogens (primary N) is 1. The highest BCUT2D eigenvalue weighted by atomic mass is 32.2. The molecule has 3 N–H and O–H groups in total. The van der Waals surface area contributed by atoms with Gasteiger partial charge in [0.05, 0.1) is 24.2 Å². The number of aliphatic hydroxyl groups excluding tert-OH is 1. The van der Waals surface area contributed by atoms with Gasteiger partial charge in [0.15, 0.2) is 0 Å². The molecule has 0 saturated carbocycles. The normalized spacial score (nSPS) is 18.3. The van der Waals surface area contributed by atoms with Crippen molar-refractivity contribution in [3.05, 3.63) is 59.4 Å². The van der Waals surface area contributed by atoms with Crippen molar-refractivity contribution >= 4 is 21.5 Å². The molecule has 15 heteroatoms. The number of hydrogen-bond acceptors (Lipinski definition) is 8. The van der Waals surface area contributed by atoms with Crippen LogP contribution in [0.2, 0.25) is 0 Å². The van der Waals surface area contributed by atoms with Gasteiger partial charge >= 0.3 is 0 Å². The van der Waals surface area contributed by atoms with Crippen molar-refractivity contribution in [3.8, 4) is 16.9 Å². The van der Waals surface area contributed by atoms with Gasteiger partial charge in [-0.05, 0) is 55.2 Å². The van der Waals surface area contributed by atoms with Crippen LogP contribution in [0.3, 0.4) is 0 Å². The van der Waals surface area contributed by atoms with Gasteiger partial charge in [-0.25, -0.2) is 32.0 Å². The lowest BCUT2D eigenvalue weighted by atomic mass is 10.0. The summed E-state index contributed by atoms with van der Waals surface area (Å²) in [5, 5.41) is 22.3. The van der Waals surface area contributed by atoms with Crippen LogP contribution in [0.4, 0.5) is 29.1 Å². The fourth-order valence-electron chi connectivity index (χ4n) is 5.33. The van der Waals surface area contributed by atoms with Crippen LogP contribution >= 0.6 is 0 Å². The molecule has 1 unspecified atom stereocenters. The first-order chi connectivity index (χ1) is 19.8. The molecule has 1 aromatic carbocycles. The maximum Gasteiger partial charge on any atom is 0.269 e. The van der Waals surface area contributed by atoms with E-state index >= 15 is 0 Å². The molecule has 226 valence electrons. The van der Waals surface area contributed by atoms with Gasteiger partial charge in [-0.15, -0.1) is 5.10 Å². The van der Waals surface area contributed by atoms with Gasteiger partial charge in [0.25, 0.3) is 12.0 Å². The summed E-state index contributed by atoms with van der Waals surface area (Å²) in [5.41, 5.74) is 3.20. The Bertz CT molecular complexity index is 1590. The summed E-state index contributed by atoms with van der Waals surface area (Å²) in [6.45, 7) is 1.94. The number of halogens is 4. The SMILES string of the molecule is Cc1cc(-c2cn(-c3ccc(C(CO)S(N)(=O)=O)cc3N3CCC(=C(F)F)CC3)nn2)cc(N2CCC(F)(F)CC2)n1. The first-order valence-corrected chi connectivity index (χ1v) is 15.0. The maximum absolute atomic E-state index is 13.7. The van der Waals surface area contributed by atoms with Gasteiger partial charge in [-0.3, -0.25) is 0 Å². The Balaban J connectivity index is 1.50. The minimum atomic E-state index is -4.13. The van der Waals surface area contributed by atoms with Crippen LogP contribution < -0.4 is 14.9 Å². The molecule has 2 aliphatic heterocycles. The van der Waals surface area contributed by atoms with Crippen molar-refractivity contribution in [2.45, 2.75) is 43.8 Å². The van der Waals surface area contributed by atoms with E-state index in [0.717, 1.165) is 0 Å². The lowest BCUT2D eigenvalue weighted by Crippen LogP contribution is -2.39. The summed E-state index contributed by atoms with van der Waals surface area (Å²) in [6, 6.07) is 8.29. The number of pyridine rings is 1. The molecule has 4 heterocycles. The summed E-state index contributed by atoms with van der Waals surface area (Å²) in [6.07, 6.45) is -0.253. The quantitative estimate of drug-likeness (QED) is 0.386. The summed E-state index contributed by atoms with van der Waals surface area (Å²) >= 11 is 0. The second-order valence-corrected chi connectivity index (χ2v) is 12.4. The Hall–Kier alpha value is -3.56. The number of aryl methyl sites for hydroxylation is 1. The van der Waals surface area contributed by atoms with E-state index in [1.807, 2.05) is 15.9 Å². The van der Waals surface area contributed by atoms with Crippen molar-refractivity contribution in [2.75, 3.05) is 42.6 Å². The Morgan fingerprint density at radius 3 is 2.36 bits per heavy atom. The van der Waals surface area contributed by atoms with E-state index in [1.165, 1.54) is 10.7 Å². The highest BCUT2D eigenvalue weighted by Crippen LogP contribution is 2.35. The molecule has 2 aliphatic rings. The van der Waals surface area contributed by atoms with Crippen LogP contribution in [0.5, 0.6) is 0 Å². The number of primary sulfonamides is 1. The van der Waals surface area contributed by atoms with Crippen LogP contribution in [-0.4, -0.2) is 72.2 Å². The standard InChI is InChI=1S/C27H31F4N7O3S/c1-17-12-20(14-25(33-17)37-10-6-27(30,31)7-11-37)21-15-38(35-34-21)22-3-2-19(24(16-39)42(32,40)41)13-23(22)36-8-4-18(5-9-36)26(28)29/h2-3,12-15,24,39H,4-11,16H2,1H3,(H2,32,40,41). The van der Waals surface area contributed by atoms with Crippen LogP contribution in [-0.2, 0) is 10.0 Å². The molecule has 0 amide bonds. The summed E-state index contributed by atoms with van der Waals surface area (Å²) < 4.78 is 79.5. The minimum absolute atomic E-state index is 0.0750. The highest BCUT2D eigenvalue weighted by molar-refractivity contribution is 7.89. The monoisotopic (exact) mass is 609 g/mol. The van der Waals surface area contributed by atoms with Crippen molar-refractivity contribution in [3.63, 3.8) is 0 Å². The van der Waals surface area contributed by atoms with Gasteiger partial charge < -0.3 is 14.9 Å². The number of sulfonamides is 1. The van der Waals surface area contributed by atoms with Crippen molar-refractivity contribution in [1.82, 2.24) is 20.0 Å². The van der Waals surface area contributed by atoms with E-state index in [9.17, 15) is 31.1 Å². The number of piperidine rings is 2. The first-order valence-electron chi connectivity index (χ1n) is 13.4. The number of aromatic nitrogens is 4. The number of alkyl halides is 2. The van der Waals surface area contributed by atoms with Crippen LogP contribution in [0.25, 0.3) is 16.9 Å². The van der Waals surface area contributed by atoms with Gasteiger partial charge in [0.2, 0.25) is 10.0 Å². The number of nitrogens with zero attached hydrogens (tertiary/aromatic N) is 6. The zero-order chi connectivity index (χ0) is 30.2. The van der Waals surface area contributed by atoms with Crippen molar-refractivity contribution < 1.29 is 31.1 Å². The molecular weight excluding hydrogens is 578 g/mol. The summed E-state index contributed by atoms with van der Waals surface area (Å²) in [4.78, 5) is 8.20. The second kappa shape index (κ2) is 11.6. The predicted octanol–water partition coefficient (Wildman–Crippen LogP) is 3.95. The molecule has 5 rings (SSSR count). The zero-order valence-electron chi connectivity index (χ0n) is 22.8. The van der Waals surface area contributed by atoms with E-state index in [4.69, 9.17) is 5.14 Å². The molecule has 0 aliphatic carbocycles. The van der Waals surface area contributed by atoms with E-state index in [0.29, 0.717) is 34.1 Å². The third-order valence-electron chi connectivity index (χ3n) is 7.70. The number of benzene rings is 1. The van der Waals surface area contributed by atoms with Gasteiger partial charge in [-0.2, -0.15) is 8.78 Å². The molecule has 0 radical (unpaired) electrons. The van der Waals surface area contributed by atoms with Crippen molar-refractivity contribution in [1.29, 1.82) is 0 Å². The fraction of sp³-hybridized carbons (Fsp3) is 0.444. The van der Waals surface area contributed by atoms with E-state index < -0.39 is 33.9 Å². The minimum Gasteiger partial charge on any atom is -0.395 e. The van der Waals surface area contributed by atoms with E-state index in [-0.39, 0.29) is 63.0 Å². The average Bonchev–Trinajstić information content (AvgIpc) is 3.43. The summed E-state index contributed by atoms with van der Waals surface area (Å²) in [5.74, 6) is -2.12. The molecule has 2 fully saturated rings. The molecule has 0 bridgehead atoms. The topological polar surface area (TPSA) is 130 Å². The molecule has 0 spiro atoms. The number of rotatable bonds is 7. The lowest BCUT2D eigenvalue weighted by Gasteiger charge is -2.32. The second-order valence-electron chi connectivity index (χ2n) is 10.6. The first kappa shape index (κ1) is 29.9. The van der Waals surface area contributed by atoms with Crippen LogP contribution in [0.1, 0.15) is 42.2 Å². The van der Waals surface area contributed by atoms with Gasteiger partial charge in [0.1, 0.15) is 16.8 Å². The average molecular weight is 610 g/mol. The van der Waals surface area contributed by atoms with Crippen molar-refractivity contribution in [2.24, 2.45) is 5.14 Å². The Morgan fingerprint density at radius 2 is 1.74 bits per heavy atom. The predicted molar refractivity (Wildman–Crippen MR) is 149 cm³/mol. The van der Waals surface area contributed by atoms with Crippen LogP contribution in [0.15, 0.2) is 48.2 Å². The largest absolute Gasteiger partial charge is 0.395 e. The molecule has 42 heavy (non-hydrogen) atoms. The van der Waals surface area contributed by atoms with Gasteiger partial charge in [0, 0.05) is 50.3 Å². The molecule has 3 aromatic rings. The van der Waals surface area contributed by atoms with Gasteiger partial charge in [-0.1, -0.05) is 11.3 Å². The third-order valence-corrected chi connectivity index (χ3v) is 8.92. The number of anilines is 2. The Kier molecular flexibility index (Phi) is 8.27. The number of hydrogen-bond donors (Lipinski definition) is 2. The lowest BCUT2D eigenvalue weighted by molar-refractivity contribution is -0.0221. The van der Waals surface area contributed by atoms with E-state index in [1.54, 1.807) is 31.3 Å². The molecular formula is C27H31F4N7O3S. The molecule has 2 saturated heterocycles. The number of aliphatic hydroxyl groups is 1. The fourth-order valence-corrected chi connectivity index (χ4v) is 6.06. The Labute approximate surface area is 240 Å².